The summed E-state index contributed by atoms with van der Waals surface area (Å²) in [4.78, 5) is 0. The zero-order valence-corrected chi connectivity index (χ0v) is 13.6. The molecular weight excluding hydrogens is 310 g/mol. The number of allylic oxidation sites excluding steroid dienone is 1. The van der Waals surface area contributed by atoms with Crippen molar-refractivity contribution in [3.05, 3.63) is 47.4 Å². The Kier molecular flexibility index (Phi) is 6.57. The molecule has 0 saturated carbocycles. The lowest BCUT2D eigenvalue weighted by atomic mass is 10.2. The van der Waals surface area contributed by atoms with Gasteiger partial charge in [-0.1, -0.05) is 43.3 Å². The normalized spacial score (nSPS) is 14.4. The zero-order chi connectivity index (χ0) is 15.9. The molecule has 0 aliphatic heterocycles. The maximum absolute atomic E-state index is 11.9. The fourth-order valence-corrected chi connectivity index (χ4v) is 4.06. The molecule has 2 N–H and O–H groups in total. The van der Waals surface area contributed by atoms with Crippen LogP contribution < -0.4 is 5.14 Å². The molecule has 1 aromatic rings. The maximum Gasteiger partial charge on any atom is 0.211 e. The van der Waals surface area contributed by atoms with Gasteiger partial charge in [0.05, 0.1) is 11.0 Å². The van der Waals surface area contributed by atoms with Crippen LogP contribution in [-0.4, -0.2) is 22.1 Å². The Morgan fingerprint density at radius 3 is 2.29 bits per heavy atom. The van der Waals surface area contributed by atoms with E-state index in [0.717, 1.165) is 11.0 Å². The quantitative estimate of drug-likeness (QED) is 0.788. The summed E-state index contributed by atoms with van der Waals surface area (Å²) in [5.41, 5.74) is 0.720. The van der Waals surface area contributed by atoms with Gasteiger partial charge in [0.1, 0.15) is 0 Å². The largest absolute Gasteiger partial charge is 0.228 e. The van der Waals surface area contributed by atoms with E-state index in [1.807, 2.05) is 6.07 Å². The molecule has 1 rings (SSSR count). The number of rotatable bonds is 8. The number of hydrogen-bond acceptors (Lipinski definition) is 4. The average Bonchev–Trinajstić information content (AvgIpc) is 2.37. The predicted molar refractivity (Wildman–Crippen MR) is 84.6 cm³/mol. The van der Waals surface area contributed by atoms with Crippen LogP contribution in [0.5, 0.6) is 0 Å². The standard InChI is InChI=1S/C14H21NO4S2/c1-2-14(21(15,18)19)10-6-7-11-20(16,17)12-13-8-4-3-5-9-13/h3-5,7-9,11,14H,2,6,10,12H2,1H3,(H2,15,18,19)/t14-/m0/s1. The van der Waals surface area contributed by atoms with Crippen LogP contribution in [0.4, 0.5) is 0 Å². The third-order valence-corrected chi connectivity index (χ3v) is 5.93. The SMILES string of the molecule is CC[C@@H](CCC=CS(=O)(=O)Cc1ccccc1)S(N)(=O)=O. The molecule has 0 spiro atoms. The molecule has 0 amide bonds. The highest BCUT2D eigenvalue weighted by Gasteiger charge is 2.18. The van der Waals surface area contributed by atoms with Crippen LogP contribution in [0.3, 0.4) is 0 Å². The van der Waals surface area contributed by atoms with Crippen LogP contribution in [0.1, 0.15) is 31.7 Å². The van der Waals surface area contributed by atoms with E-state index in [0.29, 0.717) is 19.3 Å². The lowest BCUT2D eigenvalue weighted by Gasteiger charge is -2.10. The second-order valence-electron chi connectivity index (χ2n) is 4.86. The topological polar surface area (TPSA) is 94.3 Å². The summed E-state index contributed by atoms with van der Waals surface area (Å²) in [6, 6.07) is 8.89. The van der Waals surface area contributed by atoms with Crippen molar-refractivity contribution >= 4 is 19.9 Å². The van der Waals surface area contributed by atoms with Crippen molar-refractivity contribution in [3.8, 4) is 0 Å². The first-order chi connectivity index (χ1) is 9.74. The molecule has 1 atom stereocenters. The highest BCUT2D eigenvalue weighted by Crippen LogP contribution is 2.12. The van der Waals surface area contributed by atoms with Crippen LogP contribution in [0.15, 0.2) is 41.8 Å². The van der Waals surface area contributed by atoms with E-state index in [1.165, 1.54) is 6.08 Å². The molecule has 0 bridgehead atoms. The maximum atomic E-state index is 11.9. The van der Waals surface area contributed by atoms with Gasteiger partial charge < -0.3 is 0 Å². The minimum Gasteiger partial charge on any atom is -0.228 e. The Labute approximate surface area is 126 Å². The summed E-state index contributed by atoms with van der Waals surface area (Å²) in [6.07, 6.45) is 2.60. The smallest absolute Gasteiger partial charge is 0.211 e. The van der Waals surface area contributed by atoms with Gasteiger partial charge in [-0.3, -0.25) is 0 Å². The Balaban J connectivity index is 2.56. The Morgan fingerprint density at radius 1 is 1.14 bits per heavy atom. The second-order valence-corrected chi connectivity index (χ2v) is 8.59. The molecule has 0 heterocycles. The van der Waals surface area contributed by atoms with Crippen molar-refractivity contribution in [1.29, 1.82) is 0 Å². The molecule has 0 aliphatic rings. The van der Waals surface area contributed by atoms with E-state index in [9.17, 15) is 16.8 Å². The molecule has 118 valence electrons. The molecule has 0 saturated heterocycles. The molecular formula is C14H21NO4S2. The molecule has 5 nitrogen and oxygen atoms in total. The van der Waals surface area contributed by atoms with Gasteiger partial charge in [-0.15, -0.1) is 0 Å². The van der Waals surface area contributed by atoms with Crippen molar-refractivity contribution in [1.82, 2.24) is 0 Å². The zero-order valence-electron chi connectivity index (χ0n) is 12.0. The molecule has 7 heteroatoms. The predicted octanol–water partition coefficient (Wildman–Crippen LogP) is 1.96. The molecule has 21 heavy (non-hydrogen) atoms. The van der Waals surface area contributed by atoms with Gasteiger partial charge in [0, 0.05) is 5.41 Å². The highest BCUT2D eigenvalue weighted by atomic mass is 32.2. The number of primary sulfonamides is 1. The fraction of sp³-hybridized carbons (Fsp3) is 0.429. The minimum absolute atomic E-state index is 0.0588. The summed E-state index contributed by atoms with van der Waals surface area (Å²) in [5.74, 6) is -0.0588. The first-order valence-corrected chi connectivity index (χ1v) is 10.0. The van der Waals surface area contributed by atoms with Crippen LogP contribution in [0.2, 0.25) is 0 Å². The first-order valence-electron chi connectivity index (χ1n) is 6.69. The number of sulfonamides is 1. The number of nitrogens with two attached hydrogens (primary N) is 1. The third-order valence-electron chi connectivity index (χ3n) is 3.09. The minimum atomic E-state index is -3.56. The van der Waals surface area contributed by atoms with Crippen LogP contribution >= 0.6 is 0 Å². The van der Waals surface area contributed by atoms with Gasteiger partial charge in [-0.05, 0) is 24.8 Å². The van der Waals surface area contributed by atoms with Crippen molar-refractivity contribution in [2.75, 3.05) is 0 Å². The van der Waals surface area contributed by atoms with Gasteiger partial charge >= 0.3 is 0 Å². The van der Waals surface area contributed by atoms with E-state index in [1.54, 1.807) is 31.2 Å². The monoisotopic (exact) mass is 331 g/mol. The van der Waals surface area contributed by atoms with Crippen molar-refractivity contribution in [2.24, 2.45) is 5.14 Å². The summed E-state index contributed by atoms with van der Waals surface area (Å²) < 4.78 is 46.2. The van der Waals surface area contributed by atoms with Crippen molar-refractivity contribution in [3.63, 3.8) is 0 Å². The summed E-state index contributed by atoms with van der Waals surface area (Å²) in [6.45, 7) is 1.74. The number of hydrogen-bond donors (Lipinski definition) is 1. The van der Waals surface area contributed by atoms with Gasteiger partial charge in [-0.2, -0.15) is 0 Å². The third kappa shape index (κ3) is 6.88. The van der Waals surface area contributed by atoms with E-state index >= 15 is 0 Å². The number of benzene rings is 1. The molecule has 0 fully saturated rings. The van der Waals surface area contributed by atoms with Gasteiger partial charge in [0.2, 0.25) is 10.0 Å². The molecule has 0 aromatic heterocycles. The van der Waals surface area contributed by atoms with E-state index in [-0.39, 0.29) is 5.75 Å². The van der Waals surface area contributed by atoms with E-state index in [2.05, 4.69) is 0 Å². The van der Waals surface area contributed by atoms with Gasteiger partial charge in [0.15, 0.2) is 9.84 Å². The summed E-state index contributed by atoms with van der Waals surface area (Å²) >= 11 is 0. The van der Waals surface area contributed by atoms with Gasteiger partial charge in [0.25, 0.3) is 0 Å². The van der Waals surface area contributed by atoms with Crippen LogP contribution in [0, 0.1) is 0 Å². The molecule has 1 aromatic carbocycles. The van der Waals surface area contributed by atoms with Crippen molar-refractivity contribution in [2.45, 2.75) is 37.2 Å². The summed E-state index contributed by atoms with van der Waals surface area (Å²) in [5, 5.41) is 5.61. The lowest BCUT2D eigenvalue weighted by molar-refractivity contribution is 0.569. The first kappa shape index (κ1) is 17.9. The van der Waals surface area contributed by atoms with Crippen LogP contribution in [-0.2, 0) is 25.6 Å². The lowest BCUT2D eigenvalue weighted by Crippen LogP contribution is -2.27. The Bertz CT molecular complexity index is 664. The fourth-order valence-electron chi connectivity index (χ4n) is 1.95. The average molecular weight is 331 g/mol. The molecule has 0 radical (unpaired) electrons. The van der Waals surface area contributed by atoms with E-state index in [4.69, 9.17) is 5.14 Å². The Morgan fingerprint density at radius 2 is 1.76 bits per heavy atom. The van der Waals surface area contributed by atoms with Crippen LogP contribution in [0.25, 0.3) is 0 Å². The van der Waals surface area contributed by atoms with Gasteiger partial charge in [-0.25, -0.2) is 22.0 Å². The Hall–Kier alpha value is -1.18. The van der Waals surface area contributed by atoms with E-state index < -0.39 is 25.1 Å². The summed E-state index contributed by atoms with van der Waals surface area (Å²) in [7, 11) is -6.90. The molecule has 0 aliphatic carbocycles. The second kappa shape index (κ2) is 7.72. The molecule has 0 unspecified atom stereocenters. The number of sulfone groups is 1. The van der Waals surface area contributed by atoms with Crippen molar-refractivity contribution < 1.29 is 16.8 Å². The highest BCUT2D eigenvalue weighted by molar-refractivity contribution is 7.93.